The number of thiol groups is 1. The van der Waals surface area contributed by atoms with Gasteiger partial charge in [0.25, 0.3) is 0 Å². The molecule has 15 heavy (non-hydrogen) atoms. The molecule has 0 aromatic heterocycles. The third-order valence-electron chi connectivity index (χ3n) is 2.98. The van der Waals surface area contributed by atoms with Gasteiger partial charge in [-0.15, -0.1) is 11.7 Å². The van der Waals surface area contributed by atoms with Crippen LogP contribution in [-0.4, -0.2) is 28.1 Å². The van der Waals surface area contributed by atoms with E-state index in [1.165, 1.54) is 10.8 Å². The van der Waals surface area contributed by atoms with Gasteiger partial charge < -0.3 is 0 Å². The average molecular weight is 247 g/mol. The maximum Gasteiger partial charge on any atom is 0.155 e. The molecule has 1 rings (SSSR count). The first kappa shape index (κ1) is 13.4. The van der Waals surface area contributed by atoms with Crippen LogP contribution >= 0.6 is 22.5 Å². The molecule has 1 aliphatic heterocycles. The minimum absolute atomic E-state index is 0.0487. The van der Waals surface area contributed by atoms with Crippen molar-refractivity contribution in [3.05, 3.63) is 0 Å². The van der Waals surface area contributed by atoms with Crippen LogP contribution in [0.5, 0.6) is 0 Å². The number of hydrogen-bond acceptors (Lipinski definition) is 4. The van der Waals surface area contributed by atoms with Crippen molar-refractivity contribution in [1.82, 2.24) is 4.90 Å². The molecule has 0 bridgehead atoms. The quantitative estimate of drug-likeness (QED) is 0.611. The minimum atomic E-state index is -0.235. The molecular weight excluding hydrogens is 226 g/mol. The van der Waals surface area contributed by atoms with Gasteiger partial charge in [0, 0.05) is 12.0 Å². The molecule has 1 saturated heterocycles. The molecule has 2 nitrogen and oxygen atoms in total. The van der Waals surface area contributed by atoms with Gasteiger partial charge in [-0.25, -0.2) is 0 Å². The third kappa shape index (κ3) is 2.71. The first-order valence-electron chi connectivity index (χ1n) is 5.34. The van der Waals surface area contributed by atoms with E-state index in [-0.39, 0.29) is 16.3 Å². The van der Waals surface area contributed by atoms with E-state index in [0.717, 1.165) is 13.0 Å². The van der Waals surface area contributed by atoms with E-state index in [2.05, 4.69) is 30.4 Å². The molecule has 0 amide bonds. The predicted octanol–water partition coefficient (Wildman–Crippen LogP) is 2.99. The molecule has 1 heterocycles. The van der Waals surface area contributed by atoms with Crippen molar-refractivity contribution in [3.8, 4) is 0 Å². The van der Waals surface area contributed by atoms with E-state index in [1.54, 1.807) is 0 Å². The highest BCUT2D eigenvalue weighted by Crippen LogP contribution is 2.40. The van der Waals surface area contributed by atoms with Crippen LogP contribution in [0.15, 0.2) is 0 Å². The zero-order valence-corrected chi connectivity index (χ0v) is 11.9. The van der Waals surface area contributed by atoms with E-state index in [0.29, 0.717) is 5.78 Å². The summed E-state index contributed by atoms with van der Waals surface area (Å²) in [5, 5.41) is 0. The van der Waals surface area contributed by atoms with Crippen LogP contribution in [0, 0.1) is 5.41 Å². The first-order chi connectivity index (χ1) is 6.70. The summed E-state index contributed by atoms with van der Waals surface area (Å²) in [4.78, 5) is 14.3. The molecule has 0 aromatic rings. The fourth-order valence-corrected chi connectivity index (χ4v) is 2.49. The number of hydrogen-bond donors (Lipinski definition) is 1. The van der Waals surface area contributed by atoms with Crippen molar-refractivity contribution in [2.75, 3.05) is 6.54 Å². The van der Waals surface area contributed by atoms with Gasteiger partial charge in [0.1, 0.15) is 0 Å². The van der Waals surface area contributed by atoms with Crippen LogP contribution in [0.3, 0.4) is 0 Å². The Morgan fingerprint density at radius 3 is 2.13 bits per heavy atom. The Labute approximate surface area is 102 Å². The maximum absolute atomic E-state index is 12.1. The summed E-state index contributed by atoms with van der Waals surface area (Å²) in [7, 11) is 1.51. The monoisotopic (exact) mass is 247 g/mol. The molecule has 0 aliphatic carbocycles. The molecule has 0 aromatic carbocycles. The van der Waals surface area contributed by atoms with E-state index in [1.807, 2.05) is 20.8 Å². The minimum Gasteiger partial charge on any atom is -0.297 e. The van der Waals surface area contributed by atoms with Crippen LogP contribution in [0.2, 0.25) is 0 Å². The van der Waals surface area contributed by atoms with Gasteiger partial charge in [0.2, 0.25) is 0 Å². The second kappa shape index (κ2) is 4.30. The number of rotatable bonds is 3. The normalized spacial score (nSPS) is 23.7. The standard InChI is InChI=1S/C11H21NOS2/c1-10(2,3)9(13)8-6-7-12(8)11(4,5)15-14/h8,14H,6-7H2,1-5H3. The Hall–Kier alpha value is 0.330. The highest BCUT2D eigenvalue weighted by atomic mass is 33.1. The summed E-state index contributed by atoms with van der Waals surface area (Å²) in [6, 6.07) is 0.0969. The molecule has 1 fully saturated rings. The van der Waals surface area contributed by atoms with E-state index >= 15 is 0 Å². The lowest BCUT2D eigenvalue weighted by Gasteiger charge is -2.50. The van der Waals surface area contributed by atoms with E-state index in [4.69, 9.17) is 0 Å². The predicted molar refractivity (Wildman–Crippen MR) is 70.2 cm³/mol. The Bertz CT molecular complexity index is 258. The zero-order valence-electron chi connectivity index (χ0n) is 10.2. The fraction of sp³-hybridized carbons (Fsp3) is 0.909. The second-order valence-corrected chi connectivity index (χ2v) is 7.38. The Balaban J connectivity index is 2.72. The number of ketones is 1. The van der Waals surface area contributed by atoms with Crippen molar-refractivity contribution >= 4 is 28.2 Å². The lowest BCUT2D eigenvalue weighted by atomic mass is 9.81. The largest absolute Gasteiger partial charge is 0.297 e. The van der Waals surface area contributed by atoms with E-state index < -0.39 is 0 Å². The van der Waals surface area contributed by atoms with Gasteiger partial charge in [-0.3, -0.25) is 9.69 Å². The molecule has 1 atom stereocenters. The summed E-state index contributed by atoms with van der Waals surface area (Å²) in [6.07, 6.45) is 0.994. The molecular formula is C11H21NOS2. The zero-order chi connectivity index (χ0) is 11.9. The maximum atomic E-state index is 12.1. The van der Waals surface area contributed by atoms with Crippen LogP contribution in [0.4, 0.5) is 0 Å². The van der Waals surface area contributed by atoms with Gasteiger partial charge >= 0.3 is 0 Å². The number of nitrogens with zero attached hydrogens (tertiary/aromatic N) is 1. The summed E-state index contributed by atoms with van der Waals surface area (Å²) >= 11 is 4.27. The molecule has 4 heteroatoms. The molecule has 0 spiro atoms. The van der Waals surface area contributed by atoms with Crippen LogP contribution in [0.25, 0.3) is 0 Å². The summed E-state index contributed by atoms with van der Waals surface area (Å²) in [5.41, 5.74) is -0.235. The highest BCUT2D eigenvalue weighted by molar-refractivity contribution is 8.69. The van der Waals surface area contributed by atoms with Gasteiger partial charge in [-0.1, -0.05) is 31.6 Å². The smallest absolute Gasteiger partial charge is 0.155 e. The van der Waals surface area contributed by atoms with Crippen molar-refractivity contribution in [2.24, 2.45) is 5.41 Å². The topological polar surface area (TPSA) is 20.3 Å². The number of Topliss-reactive ketones (excluding diaryl/α,β-unsaturated/α-hetero) is 1. The molecule has 1 unspecified atom stereocenters. The average Bonchev–Trinajstić information content (AvgIpc) is 1.99. The van der Waals surface area contributed by atoms with Crippen molar-refractivity contribution < 1.29 is 4.79 Å². The van der Waals surface area contributed by atoms with Gasteiger partial charge in [0.05, 0.1) is 10.9 Å². The lowest BCUT2D eigenvalue weighted by molar-refractivity contribution is -0.138. The molecule has 0 saturated carbocycles. The molecule has 88 valence electrons. The van der Waals surface area contributed by atoms with Crippen LogP contribution in [0.1, 0.15) is 41.0 Å². The number of carbonyl (C=O) groups excluding carboxylic acids is 1. The third-order valence-corrected chi connectivity index (χ3v) is 5.00. The Morgan fingerprint density at radius 2 is 1.87 bits per heavy atom. The highest BCUT2D eigenvalue weighted by Gasteiger charge is 2.45. The van der Waals surface area contributed by atoms with Gasteiger partial charge in [-0.05, 0) is 20.3 Å². The number of carbonyl (C=O) groups is 1. The Kier molecular flexibility index (Phi) is 3.84. The van der Waals surface area contributed by atoms with E-state index in [9.17, 15) is 4.79 Å². The number of likely N-dealkylation sites (tertiary alicyclic amines) is 1. The van der Waals surface area contributed by atoms with Crippen molar-refractivity contribution in [1.29, 1.82) is 0 Å². The molecule has 1 aliphatic rings. The van der Waals surface area contributed by atoms with Crippen molar-refractivity contribution in [2.45, 2.75) is 52.0 Å². The van der Waals surface area contributed by atoms with Gasteiger partial charge in [0.15, 0.2) is 5.78 Å². The van der Waals surface area contributed by atoms with Gasteiger partial charge in [-0.2, -0.15) is 0 Å². The van der Waals surface area contributed by atoms with Crippen LogP contribution < -0.4 is 0 Å². The lowest BCUT2D eigenvalue weighted by Crippen LogP contribution is -2.61. The SMILES string of the molecule is CC(C)(C)C(=O)C1CCN1C(C)(C)SS. The molecule has 0 N–H and O–H groups in total. The van der Waals surface area contributed by atoms with Crippen molar-refractivity contribution in [3.63, 3.8) is 0 Å². The fourth-order valence-electron chi connectivity index (χ4n) is 1.86. The van der Waals surface area contributed by atoms with Crippen LogP contribution in [-0.2, 0) is 4.79 Å². The Morgan fingerprint density at radius 1 is 1.33 bits per heavy atom. The summed E-state index contributed by atoms with van der Waals surface area (Å²) in [5.74, 6) is 0.351. The second-order valence-electron chi connectivity index (χ2n) is 5.65. The summed E-state index contributed by atoms with van der Waals surface area (Å²) < 4.78 is 0. The first-order valence-corrected chi connectivity index (χ1v) is 7.20. The molecule has 0 radical (unpaired) electrons. The summed E-state index contributed by atoms with van der Waals surface area (Å²) in [6.45, 7) is 11.2.